The molecule has 0 aromatic rings. The van der Waals surface area contributed by atoms with Gasteiger partial charge in [-0.15, -0.1) is 0 Å². The number of amides is 1. The SMILES string of the molecule is CCCCC(CC)C(=O)N(CC(=O)OC)C(C)C. The minimum Gasteiger partial charge on any atom is -0.468 e. The summed E-state index contributed by atoms with van der Waals surface area (Å²) < 4.78 is 4.64. The van der Waals surface area contributed by atoms with E-state index in [1.165, 1.54) is 7.11 Å². The molecule has 0 fully saturated rings. The largest absolute Gasteiger partial charge is 0.468 e. The van der Waals surface area contributed by atoms with Gasteiger partial charge in [0.2, 0.25) is 5.91 Å². The van der Waals surface area contributed by atoms with Gasteiger partial charge >= 0.3 is 5.97 Å². The molecule has 4 heteroatoms. The molecule has 0 spiro atoms. The quantitative estimate of drug-likeness (QED) is 0.628. The van der Waals surface area contributed by atoms with E-state index < -0.39 is 0 Å². The summed E-state index contributed by atoms with van der Waals surface area (Å²) in [6.45, 7) is 8.04. The van der Waals surface area contributed by atoms with Crippen LogP contribution in [0.4, 0.5) is 0 Å². The Kier molecular flexibility index (Phi) is 8.42. The maximum atomic E-state index is 12.4. The first kappa shape index (κ1) is 16.9. The summed E-state index contributed by atoms with van der Waals surface area (Å²) in [4.78, 5) is 25.4. The molecular formula is C14H27NO3. The Balaban J connectivity index is 4.66. The standard InChI is InChI=1S/C14H27NO3/c1-6-8-9-12(7-2)14(17)15(11(3)4)10-13(16)18-5/h11-12H,6-10H2,1-5H3. The van der Waals surface area contributed by atoms with E-state index >= 15 is 0 Å². The summed E-state index contributed by atoms with van der Waals surface area (Å²) >= 11 is 0. The van der Waals surface area contributed by atoms with Crippen LogP contribution in [0.3, 0.4) is 0 Å². The molecule has 0 aliphatic heterocycles. The zero-order valence-electron chi connectivity index (χ0n) is 12.4. The number of esters is 1. The van der Waals surface area contributed by atoms with Crippen molar-refractivity contribution in [1.29, 1.82) is 0 Å². The number of ether oxygens (including phenoxy) is 1. The Labute approximate surface area is 111 Å². The van der Waals surface area contributed by atoms with E-state index in [4.69, 9.17) is 0 Å². The van der Waals surface area contributed by atoms with Crippen LogP contribution in [-0.2, 0) is 14.3 Å². The average molecular weight is 257 g/mol. The summed E-state index contributed by atoms with van der Waals surface area (Å²) in [5, 5.41) is 0. The summed E-state index contributed by atoms with van der Waals surface area (Å²) in [7, 11) is 1.35. The number of carbonyl (C=O) groups is 2. The summed E-state index contributed by atoms with van der Waals surface area (Å²) in [6, 6.07) is 0.0206. The molecule has 0 heterocycles. The van der Waals surface area contributed by atoms with E-state index in [9.17, 15) is 9.59 Å². The van der Waals surface area contributed by atoms with Gasteiger partial charge in [-0.25, -0.2) is 0 Å². The Morgan fingerprint density at radius 3 is 2.22 bits per heavy atom. The third kappa shape index (κ3) is 5.52. The number of rotatable bonds is 8. The van der Waals surface area contributed by atoms with E-state index in [1.807, 2.05) is 20.8 Å². The highest BCUT2D eigenvalue weighted by Gasteiger charge is 2.26. The van der Waals surface area contributed by atoms with Crippen molar-refractivity contribution in [2.24, 2.45) is 5.92 Å². The molecule has 0 saturated heterocycles. The van der Waals surface area contributed by atoms with Crippen LogP contribution >= 0.6 is 0 Å². The van der Waals surface area contributed by atoms with Gasteiger partial charge in [-0.1, -0.05) is 26.7 Å². The number of unbranched alkanes of at least 4 members (excludes halogenated alkanes) is 1. The van der Waals surface area contributed by atoms with Crippen LogP contribution in [0.5, 0.6) is 0 Å². The summed E-state index contributed by atoms with van der Waals surface area (Å²) in [5.74, 6) is -0.259. The third-order valence-electron chi connectivity index (χ3n) is 3.18. The topological polar surface area (TPSA) is 46.6 Å². The van der Waals surface area contributed by atoms with Crippen molar-refractivity contribution in [2.45, 2.75) is 59.4 Å². The van der Waals surface area contributed by atoms with Crippen LogP contribution in [0.25, 0.3) is 0 Å². The molecule has 0 bridgehead atoms. The van der Waals surface area contributed by atoms with Crippen molar-refractivity contribution in [3.8, 4) is 0 Å². The predicted molar refractivity (Wildman–Crippen MR) is 72.2 cm³/mol. The lowest BCUT2D eigenvalue weighted by atomic mass is 9.97. The summed E-state index contributed by atoms with van der Waals surface area (Å²) in [6.07, 6.45) is 3.86. The highest BCUT2D eigenvalue weighted by atomic mass is 16.5. The van der Waals surface area contributed by atoms with Crippen molar-refractivity contribution in [2.75, 3.05) is 13.7 Å². The van der Waals surface area contributed by atoms with Gasteiger partial charge in [-0.05, 0) is 26.7 Å². The smallest absolute Gasteiger partial charge is 0.325 e. The molecule has 1 unspecified atom stereocenters. The van der Waals surface area contributed by atoms with Crippen LogP contribution in [0.2, 0.25) is 0 Å². The molecule has 4 nitrogen and oxygen atoms in total. The van der Waals surface area contributed by atoms with E-state index in [2.05, 4.69) is 11.7 Å². The van der Waals surface area contributed by atoms with Gasteiger partial charge in [0.05, 0.1) is 7.11 Å². The first-order valence-electron chi connectivity index (χ1n) is 6.85. The molecule has 106 valence electrons. The Bertz CT molecular complexity index is 264. The average Bonchev–Trinajstić information content (AvgIpc) is 2.35. The van der Waals surface area contributed by atoms with Crippen molar-refractivity contribution in [3.05, 3.63) is 0 Å². The third-order valence-corrected chi connectivity index (χ3v) is 3.18. The molecular weight excluding hydrogens is 230 g/mol. The first-order chi connectivity index (χ1) is 8.47. The van der Waals surface area contributed by atoms with Gasteiger partial charge < -0.3 is 9.64 Å². The van der Waals surface area contributed by atoms with E-state index in [-0.39, 0.29) is 30.4 Å². The van der Waals surface area contributed by atoms with Crippen molar-refractivity contribution < 1.29 is 14.3 Å². The molecule has 0 saturated carbocycles. The number of hydrogen-bond donors (Lipinski definition) is 0. The molecule has 1 amide bonds. The van der Waals surface area contributed by atoms with Crippen molar-refractivity contribution in [3.63, 3.8) is 0 Å². The van der Waals surface area contributed by atoms with Gasteiger partial charge in [0.1, 0.15) is 6.54 Å². The van der Waals surface area contributed by atoms with Gasteiger partial charge in [-0.2, -0.15) is 0 Å². The fourth-order valence-corrected chi connectivity index (χ4v) is 1.91. The molecule has 1 atom stereocenters. The zero-order chi connectivity index (χ0) is 14.1. The molecule has 0 N–H and O–H groups in total. The van der Waals surface area contributed by atoms with Crippen molar-refractivity contribution >= 4 is 11.9 Å². The van der Waals surface area contributed by atoms with Gasteiger partial charge in [0.25, 0.3) is 0 Å². The van der Waals surface area contributed by atoms with Crippen LogP contribution in [0.1, 0.15) is 53.4 Å². The fraction of sp³-hybridized carbons (Fsp3) is 0.857. The second kappa shape index (κ2) is 8.95. The van der Waals surface area contributed by atoms with Crippen LogP contribution < -0.4 is 0 Å². The van der Waals surface area contributed by atoms with Gasteiger partial charge in [-0.3, -0.25) is 9.59 Å². The molecule has 0 aromatic carbocycles. The molecule has 0 rings (SSSR count). The van der Waals surface area contributed by atoms with Gasteiger partial charge in [0, 0.05) is 12.0 Å². The zero-order valence-corrected chi connectivity index (χ0v) is 12.4. The monoisotopic (exact) mass is 257 g/mol. The number of hydrogen-bond acceptors (Lipinski definition) is 3. The number of carbonyl (C=O) groups excluding carboxylic acids is 2. The summed E-state index contributed by atoms with van der Waals surface area (Å²) in [5.41, 5.74) is 0. The second-order valence-electron chi connectivity index (χ2n) is 4.88. The second-order valence-corrected chi connectivity index (χ2v) is 4.88. The minimum atomic E-state index is -0.359. The lowest BCUT2D eigenvalue weighted by Gasteiger charge is -2.29. The minimum absolute atomic E-state index is 0.0206. The Morgan fingerprint density at radius 2 is 1.83 bits per heavy atom. The lowest BCUT2D eigenvalue weighted by molar-refractivity contribution is -0.150. The molecule has 0 aromatic heterocycles. The molecule has 0 aliphatic carbocycles. The highest BCUT2D eigenvalue weighted by molar-refractivity contribution is 5.83. The Hall–Kier alpha value is -1.06. The molecule has 0 radical (unpaired) electrons. The van der Waals surface area contributed by atoms with E-state index in [0.717, 1.165) is 25.7 Å². The maximum absolute atomic E-state index is 12.4. The predicted octanol–water partition coefficient (Wildman–Crippen LogP) is 2.61. The van der Waals surface area contributed by atoms with E-state index in [0.29, 0.717) is 0 Å². The van der Waals surface area contributed by atoms with Crippen LogP contribution in [-0.4, -0.2) is 36.5 Å². The first-order valence-corrected chi connectivity index (χ1v) is 6.85. The normalized spacial score (nSPS) is 12.3. The highest BCUT2D eigenvalue weighted by Crippen LogP contribution is 2.17. The Morgan fingerprint density at radius 1 is 1.22 bits per heavy atom. The fourth-order valence-electron chi connectivity index (χ4n) is 1.91. The number of methoxy groups -OCH3 is 1. The van der Waals surface area contributed by atoms with Crippen LogP contribution in [0.15, 0.2) is 0 Å². The van der Waals surface area contributed by atoms with Crippen LogP contribution in [0, 0.1) is 5.92 Å². The van der Waals surface area contributed by atoms with Gasteiger partial charge in [0.15, 0.2) is 0 Å². The molecule has 0 aliphatic rings. The maximum Gasteiger partial charge on any atom is 0.325 e. The lowest BCUT2D eigenvalue weighted by Crippen LogP contribution is -2.44. The number of nitrogens with zero attached hydrogens (tertiary/aromatic N) is 1. The van der Waals surface area contributed by atoms with Crippen molar-refractivity contribution in [1.82, 2.24) is 4.90 Å². The molecule has 18 heavy (non-hydrogen) atoms. The van der Waals surface area contributed by atoms with E-state index in [1.54, 1.807) is 4.90 Å².